The number of primary sulfonamides is 1. The number of benzene rings is 2. The van der Waals surface area contributed by atoms with Crippen LogP contribution in [0.4, 0.5) is 5.69 Å². The molecule has 140 valence electrons. The van der Waals surface area contributed by atoms with Crippen LogP contribution in [0.5, 0.6) is 5.75 Å². The van der Waals surface area contributed by atoms with E-state index in [2.05, 4.69) is 19.2 Å². The first-order valence-electron chi connectivity index (χ1n) is 8.35. The maximum absolute atomic E-state index is 11.4. The summed E-state index contributed by atoms with van der Waals surface area (Å²) in [5, 5.41) is 9.23. The van der Waals surface area contributed by atoms with Gasteiger partial charge in [-0.3, -0.25) is 0 Å². The van der Waals surface area contributed by atoms with Gasteiger partial charge in [-0.05, 0) is 47.1 Å². The second-order valence-corrected chi connectivity index (χ2v) is 9.21. The van der Waals surface area contributed by atoms with E-state index in [4.69, 9.17) is 21.5 Å². The molecule has 2 atom stereocenters. The number of rotatable bonds is 6. The van der Waals surface area contributed by atoms with Gasteiger partial charge in [-0.25, -0.2) is 13.6 Å². The number of methoxy groups -OCH3 is 1. The van der Waals surface area contributed by atoms with E-state index in [1.807, 2.05) is 30.3 Å². The van der Waals surface area contributed by atoms with Gasteiger partial charge < -0.3 is 10.1 Å². The van der Waals surface area contributed by atoms with Gasteiger partial charge in [0.1, 0.15) is 5.75 Å². The van der Waals surface area contributed by atoms with Crippen LogP contribution >= 0.6 is 11.6 Å². The van der Waals surface area contributed by atoms with E-state index in [1.54, 1.807) is 19.2 Å². The minimum absolute atomic E-state index is 0.113. The number of ether oxygens (including phenoxy) is 1. The quantitative estimate of drug-likeness (QED) is 0.779. The molecule has 3 N–H and O–H groups in total. The molecule has 0 aromatic heterocycles. The monoisotopic (exact) mass is 394 g/mol. The summed E-state index contributed by atoms with van der Waals surface area (Å²) < 4.78 is 28.1. The van der Waals surface area contributed by atoms with Gasteiger partial charge in [-0.1, -0.05) is 37.6 Å². The number of nitrogens with two attached hydrogens (primary N) is 1. The molecular formula is C19H23ClN2O3S. The minimum Gasteiger partial charge on any atom is -0.497 e. The third-order valence-corrected chi connectivity index (χ3v) is 6.56. The Bertz CT molecular complexity index is 911. The zero-order chi connectivity index (χ0) is 19.1. The third kappa shape index (κ3) is 3.68. The van der Waals surface area contributed by atoms with E-state index >= 15 is 0 Å². The first kappa shape index (κ1) is 19.0. The van der Waals surface area contributed by atoms with E-state index in [9.17, 15) is 8.42 Å². The molecule has 1 aliphatic rings. The van der Waals surface area contributed by atoms with Crippen molar-refractivity contribution in [2.45, 2.75) is 24.7 Å². The van der Waals surface area contributed by atoms with Crippen molar-refractivity contribution in [3.8, 4) is 5.75 Å². The summed E-state index contributed by atoms with van der Waals surface area (Å²) in [5.41, 5.74) is 2.07. The number of halogens is 1. The summed E-state index contributed by atoms with van der Waals surface area (Å²) in [6.45, 7) is 5.19. The fourth-order valence-electron chi connectivity index (χ4n) is 3.64. The lowest BCUT2D eigenvalue weighted by Gasteiger charge is -2.10. The third-order valence-electron chi connectivity index (χ3n) is 5.30. The van der Waals surface area contributed by atoms with Crippen LogP contribution in [0.3, 0.4) is 0 Å². The molecule has 3 rings (SSSR count). The fourth-order valence-corrected chi connectivity index (χ4v) is 4.34. The topological polar surface area (TPSA) is 81.4 Å². The molecule has 2 aromatic carbocycles. The van der Waals surface area contributed by atoms with E-state index < -0.39 is 10.0 Å². The molecule has 0 spiro atoms. The van der Waals surface area contributed by atoms with Crippen molar-refractivity contribution in [1.29, 1.82) is 0 Å². The number of hydrogen-bond donors (Lipinski definition) is 2. The number of hydrogen-bond acceptors (Lipinski definition) is 4. The molecule has 26 heavy (non-hydrogen) atoms. The van der Waals surface area contributed by atoms with E-state index in [-0.39, 0.29) is 10.3 Å². The van der Waals surface area contributed by atoms with Crippen LogP contribution in [-0.4, -0.2) is 22.1 Å². The fraction of sp³-hybridized carbons (Fsp3) is 0.368. The van der Waals surface area contributed by atoms with Gasteiger partial charge in [0.15, 0.2) is 0 Å². The molecular weight excluding hydrogens is 372 g/mol. The lowest BCUT2D eigenvalue weighted by Crippen LogP contribution is -2.11. The van der Waals surface area contributed by atoms with Crippen molar-refractivity contribution in [3.63, 3.8) is 0 Å². The lowest BCUT2D eigenvalue weighted by molar-refractivity contribution is 0.415. The highest BCUT2D eigenvalue weighted by Crippen LogP contribution is 2.64. The second kappa shape index (κ2) is 6.76. The number of anilines is 1. The molecule has 2 unspecified atom stereocenters. The Balaban J connectivity index is 1.72. The first-order chi connectivity index (χ1) is 12.1. The molecule has 0 amide bonds. The molecule has 1 saturated carbocycles. The van der Waals surface area contributed by atoms with Crippen LogP contribution in [0.2, 0.25) is 5.02 Å². The molecule has 2 aromatic rings. The summed E-state index contributed by atoms with van der Waals surface area (Å²) in [7, 11) is -2.04. The van der Waals surface area contributed by atoms with Gasteiger partial charge in [0.2, 0.25) is 10.0 Å². The summed E-state index contributed by atoms with van der Waals surface area (Å²) >= 11 is 6.25. The second-order valence-electron chi connectivity index (χ2n) is 7.25. The lowest BCUT2D eigenvalue weighted by atomic mass is 10.0. The van der Waals surface area contributed by atoms with Crippen LogP contribution in [0.25, 0.3) is 0 Å². The Morgan fingerprint density at radius 1 is 1.19 bits per heavy atom. The number of nitrogens with one attached hydrogen (secondary N) is 1. The molecule has 0 aliphatic heterocycles. The predicted octanol–water partition coefficient (Wildman–Crippen LogP) is 3.85. The Labute approximate surface area is 159 Å². The summed E-state index contributed by atoms with van der Waals surface area (Å²) in [4.78, 5) is 0.137. The summed E-state index contributed by atoms with van der Waals surface area (Å²) in [5.74, 6) is 1.50. The van der Waals surface area contributed by atoms with Crippen molar-refractivity contribution < 1.29 is 13.2 Å². The van der Waals surface area contributed by atoms with Crippen molar-refractivity contribution in [3.05, 3.63) is 53.1 Å². The largest absolute Gasteiger partial charge is 0.497 e. The van der Waals surface area contributed by atoms with Crippen LogP contribution in [0.15, 0.2) is 47.4 Å². The molecule has 0 saturated heterocycles. The van der Waals surface area contributed by atoms with E-state index in [1.165, 1.54) is 0 Å². The van der Waals surface area contributed by atoms with Gasteiger partial charge in [0.05, 0.1) is 22.7 Å². The standard InChI is InChI=1S/C19H23ClN2O3S/c1-19(2)15(11-22-17-10-13(25-3)6-9-16(17)20)18(19)12-4-7-14(8-5-12)26(21,23)24/h4-10,15,18,22H,11H2,1-3H3,(H2,21,23,24). The van der Waals surface area contributed by atoms with Crippen LogP contribution in [0.1, 0.15) is 25.3 Å². The zero-order valence-corrected chi connectivity index (χ0v) is 16.6. The summed E-state index contributed by atoms with van der Waals surface area (Å²) in [6.07, 6.45) is 0. The minimum atomic E-state index is -3.66. The van der Waals surface area contributed by atoms with Gasteiger partial charge >= 0.3 is 0 Å². The van der Waals surface area contributed by atoms with E-state index in [0.717, 1.165) is 23.5 Å². The molecule has 0 bridgehead atoms. The highest BCUT2D eigenvalue weighted by Gasteiger charge is 2.57. The first-order valence-corrected chi connectivity index (χ1v) is 10.3. The highest BCUT2D eigenvalue weighted by atomic mass is 35.5. The van der Waals surface area contributed by atoms with Crippen LogP contribution < -0.4 is 15.2 Å². The van der Waals surface area contributed by atoms with Crippen molar-refractivity contribution in [2.75, 3.05) is 19.0 Å². The Kier molecular flexibility index (Phi) is 4.94. The van der Waals surface area contributed by atoms with Crippen LogP contribution in [0, 0.1) is 11.3 Å². The van der Waals surface area contributed by atoms with Gasteiger partial charge in [-0.15, -0.1) is 0 Å². The molecule has 0 radical (unpaired) electrons. The van der Waals surface area contributed by atoms with E-state index in [0.29, 0.717) is 16.9 Å². The predicted molar refractivity (Wildman–Crippen MR) is 104 cm³/mol. The van der Waals surface area contributed by atoms with Gasteiger partial charge in [-0.2, -0.15) is 0 Å². The number of sulfonamides is 1. The zero-order valence-electron chi connectivity index (χ0n) is 15.0. The average molecular weight is 395 g/mol. The maximum Gasteiger partial charge on any atom is 0.238 e. The molecule has 1 fully saturated rings. The molecule has 7 heteroatoms. The van der Waals surface area contributed by atoms with Crippen molar-refractivity contribution >= 4 is 27.3 Å². The van der Waals surface area contributed by atoms with Crippen LogP contribution in [-0.2, 0) is 10.0 Å². The van der Waals surface area contributed by atoms with Gasteiger partial charge in [0.25, 0.3) is 0 Å². The SMILES string of the molecule is COc1ccc(Cl)c(NCC2C(c3ccc(S(N)(=O)=O)cc3)C2(C)C)c1. The summed E-state index contributed by atoms with van der Waals surface area (Å²) in [6, 6.07) is 12.4. The van der Waals surface area contributed by atoms with Crippen molar-refractivity contribution in [2.24, 2.45) is 16.5 Å². The molecule has 1 aliphatic carbocycles. The molecule has 0 heterocycles. The highest BCUT2D eigenvalue weighted by molar-refractivity contribution is 7.89. The van der Waals surface area contributed by atoms with Gasteiger partial charge in [0, 0.05) is 12.6 Å². The maximum atomic E-state index is 11.4. The normalized spacial score (nSPS) is 21.3. The average Bonchev–Trinajstić information content (AvgIpc) is 3.14. The molecule has 5 nitrogen and oxygen atoms in total. The Morgan fingerprint density at radius 3 is 2.42 bits per heavy atom. The Hall–Kier alpha value is -1.76. The smallest absolute Gasteiger partial charge is 0.238 e. The van der Waals surface area contributed by atoms with Crippen molar-refractivity contribution in [1.82, 2.24) is 0 Å². The Morgan fingerprint density at radius 2 is 1.85 bits per heavy atom.